The molecule has 0 atom stereocenters. The highest BCUT2D eigenvalue weighted by atomic mass is 16.5. The molecular formula is C24H23N5O5. The van der Waals surface area contributed by atoms with Crippen LogP contribution < -0.4 is 25.5 Å². The number of hydrazone groups is 1. The Hall–Kier alpha value is -4.73. The second kappa shape index (κ2) is 12.3. The molecule has 1 aromatic heterocycles. The van der Waals surface area contributed by atoms with E-state index < -0.39 is 11.8 Å². The van der Waals surface area contributed by atoms with Gasteiger partial charge in [-0.25, -0.2) is 5.43 Å². The van der Waals surface area contributed by atoms with E-state index in [2.05, 4.69) is 26.1 Å². The maximum atomic E-state index is 12.1. The van der Waals surface area contributed by atoms with E-state index in [0.29, 0.717) is 28.4 Å². The first-order chi connectivity index (χ1) is 16.5. The van der Waals surface area contributed by atoms with Crippen LogP contribution in [0.4, 0.5) is 5.69 Å². The lowest BCUT2D eigenvalue weighted by Crippen LogP contribution is -2.37. The van der Waals surface area contributed by atoms with Gasteiger partial charge >= 0.3 is 11.8 Å². The minimum atomic E-state index is -0.895. The highest BCUT2D eigenvalue weighted by molar-refractivity contribution is 6.35. The number of amides is 3. The third-order valence-corrected chi connectivity index (χ3v) is 4.37. The van der Waals surface area contributed by atoms with Gasteiger partial charge in [-0.05, 0) is 54.1 Å². The number of carbonyl (C=O) groups excluding carboxylic acids is 3. The number of pyridine rings is 1. The molecular weight excluding hydrogens is 438 g/mol. The number of methoxy groups -OCH3 is 1. The summed E-state index contributed by atoms with van der Waals surface area (Å²) in [5, 5.41) is 8.95. The molecule has 0 fully saturated rings. The monoisotopic (exact) mass is 461 g/mol. The van der Waals surface area contributed by atoms with Crippen molar-refractivity contribution in [1.29, 1.82) is 0 Å². The number of aromatic nitrogens is 1. The highest BCUT2D eigenvalue weighted by Crippen LogP contribution is 2.22. The van der Waals surface area contributed by atoms with Crippen LogP contribution in [-0.2, 0) is 20.9 Å². The van der Waals surface area contributed by atoms with Crippen molar-refractivity contribution in [1.82, 2.24) is 15.7 Å². The molecule has 174 valence electrons. The Labute approximate surface area is 196 Å². The topological polar surface area (TPSA) is 131 Å². The SMILES string of the molecule is COc1ccccc1NC(=O)COc1ccc(/C=N\NC(=O)C(=O)NCc2ccccn2)cc1. The van der Waals surface area contributed by atoms with Gasteiger partial charge in [0.15, 0.2) is 6.61 Å². The number of ether oxygens (including phenoxy) is 2. The van der Waals surface area contributed by atoms with Gasteiger partial charge in [-0.15, -0.1) is 0 Å². The summed E-state index contributed by atoms with van der Waals surface area (Å²) in [5.74, 6) is -1.02. The number of carbonyl (C=O) groups is 3. The number of nitrogens with one attached hydrogen (secondary N) is 3. The smallest absolute Gasteiger partial charge is 0.329 e. The van der Waals surface area contributed by atoms with E-state index in [1.807, 2.05) is 0 Å². The lowest BCUT2D eigenvalue weighted by atomic mass is 10.2. The summed E-state index contributed by atoms with van der Waals surface area (Å²) in [5.41, 5.74) is 4.00. The summed E-state index contributed by atoms with van der Waals surface area (Å²) in [6, 6.07) is 19.0. The van der Waals surface area contributed by atoms with Crippen LogP contribution in [0, 0.1) is 0 Å². The summed E-state index contributed by atoms with van der Waals surface area (Å²) in [7, 11) is 1.52. The zero-order valence-electron chi connectivity index (χ0n) is 18.4. The minimum Gasteiger partial charge on any atom is -0.495 e. The molecule has 10 heteroatoms. The fourth-order valence-electron chi connectivity index (χ4n) is 2.70. The molecule has 0 aliphatic rings. The Morgan fingerprint density at radius 2 is 1.74 bits per heavy atom. The zero-order valence-corrected chi connectivity index (χ0v) is 18.4. The predicted octanol–water partition coefficient (Wildman–Crippen LogP) is 1.87. The number of nitrogens with zero attached hydrogens (tertiary/aromatic N) is 2. The van der Waals surface area contributed by atoms with Crippen LogP contribution in [0.5, 0.6) is 11.5 Å². The summed E-state index contributed by atoms with van der Waals surface area (Å²) in [6.45, 7) is -0.0512. The molecule has 3 aromatic rings. The normalized spacial score (nSPS) is 10.4. The van der Waals surface area contributed by atoms with Crippen LogP contribution in [0.1, 0.15) is 11.3 Å². The number of benzene rings is 2. The number of rotatable bonds is 9. The van der Waals surface area contributed by atoms with Gasteiger partial charge in [0.05, 0.1) is 31.3 Å². The highest BCUT2D eigenvalue weighted by Gasteiger charge is 2.12. The van der Waals surface area contributed by atoms with Gasteiger partial charge in [0.25, 0.3) is 5.91 Å². The van der Waals surface area contributed by atoms with Crippen molar-refractivity contribution in [2.75, 3.05) is 19.0 Å². The molecule has 0 saturated heterocycles. The third kappa shape index (κ3) is 7.45. The van der Waals surface area contributed by atoms with E-state index in [9.17, 15) is 14.4 Å². The maximum Gasteiger partial charge on any atom is 0.329 e. The maximum absolute atomic E-state index is 12.1. The molecule has 0 aliphatic heterocycles. The fourth-order valence-corrected chi connectivity index (χ4v) is 2.70. The minimum absolute atomic E-state index is 0.134. The van der Waals surface area contributed by atoms with Crippen LogP contribution in [-0.4, -0.2) is 42.6 Å². The fraction of sp³-hybridized carbons (Fsp3) is 0.125. The van der Waals surface area contributed by atoms with Crippen molar-refractivity contribution in [3.63, 3.8) is 0 Å². The summed E-state index contributed by atoms with van der Waals surface area (Å²) in [4.78, 5) is 39.8. The molecule has 0 spiro atoms. The Bertz CT molecular complexity index is 1150. The van der Waals surface area contributed by atoms with E-state index in [-0.39, 0.29) is 19.1 Å². The predicted molar refractivity (Wildman–Crippen MR) is 125 cm³/mol. The van der Waals surface area contributed by atoms with Crippen molar-refractivity contribution in [2.24, 2.45) is 5.10 Å². The van der Waals surface area contributed by atoms with Crippen molar-refractivity contribution in [3.05, 3.63) is 84.2 Å². The quantitative estimate of drug-likeness (QED) is 0.253. The average molecular weight is 461 g/mol. The van der Waals surface area contributed by atoms with Gasteiger partial charge in [-0.3, -0.25) is 19.4 Å². The van der Waals surface area contributed by atoms with E-state index in [0.717, 1.165) is 0 Å². The molecule has 0 radical (unpaired) electrons. The van der Waals surface area contributed by atoms with Crippen molar-refractivity contribution in [3.8, 4) is 11.5 Å². The second-order valence-corrected chi connectivity index (χ2v) is 6.81. The van der Waals surface area contributed by atoms with Gasteiger partial charge in [-0.1, -0.05) is 18.2 Å². The first kappa shape index (κ1) is 23.9. The molecule has 0 saturated carbocycles. The molecule has 0 aliphatic carbocycles. The van der Waals surface area contributed by atoms with Gasteiger partial charge in [0.2, 0.25) is 0 Å². The van der Waals surface area contributed by atoms with Gasteiger partial charge < -0.3 is 20.1 Å². The van der Waals surface area contributed by atoms with Gasteiger partial charge in [-0.2, -0.15) is 5.10 Å². The van der Waals surface area contributed by atoms with Crippen LogP contribution in [0.25, 0.3) is 0 Å². The van der Waals surface area contributed by atoms with Crippen LogP contribution >= 0.6 is 0 Å². The Morgan fingerprint density at radius 1 is 0.971 bits per heavy atom. The standard InChI is InChI=1S/C24H23N5O5/c1-33-21-8-3-2-7-20(21)28-22(30)16-34-19-11-9-17(10-12-19)14-27-29-24(32)23(31)26-15-18-6-4-5-13-25-18/h2-14H,15-16H2,1H3,(H,26,31)(H,28,30)(H,29,32)/b27-14-. The lowest BCUT2D eigenvalue weighted by Gasteiger charge is -2.10. The number of anilines is 1. The first-order valence-corrected chi connectivity index (χ1v) is 10.2. The molecule has 3 amide bonds. The Morgan fingerprint density at radius 3 is 2.47 bits per heavy atom. The van der Waals surface area contributed by atoms with Crippen LogP contribution in [0.3, 0.4) is 0 Å². The van der Waals surface area contributed by atoms with Crippen molar-refractivity contribution < 1.29 is 23.9 Å². The zero-order chi connectivity index (χ0) is 24.2. The summed E-state index contributed by atoms with van der Waals surface area (Å²) >= 11 is 0. The summed E-state index contributed by atoms with van der Waals surface area (Å²) in [6.07, 6.45) is 2.97. The van der Waals surface area contributed by atoms with E-state index in [1.54, 1.807) is 72.9 Å². The van der Waals surface area contributed by atoms with Crippen LogP contribution in [0.2, 0.25) is 0 Å². The molecule has 3 N–H and O–H groups in total. The summed E-state index contributed by atoms with van der Waals surface area (Å²) < 4.78 is 10.7. The molecule has 3 rings (SSSR count). The van der Waals surface area contributed by atoms with Crippen molar-refractivity contribution >= 4 is 29.6 Å². The number of hydrogen-bond acceptors (Lipinski definition) is 7. The molecule has 2 aromatic carbocycles. The number of hydrogen-bond donors (Lipinski definition) is 3. The molecule has 10 nitrogen and oxygen atoms in total. The molecule has 1 heterocycles. The second-order valence-electron chi connectivity index (χ2n) is 6.81. The Kier molecular flexibility index (Phi) is 8.68. The first-order valence-electron chi connectivity index (χ1n) is 10.2. The van der Waals surface area contributed by atoms with Gasteiger partial charge in [0, 0.05) is 6.20 Å². The van der Waals surface area contributed by atoms with E-state index in [1.165, 1.54) is 13.3 Å². The molecule has 34 heavy (non-hydrogen) atoms. The van der Waals surface area contributed by atoms with Crippen molar-refractivity contribution in [2.45, 2.75) is 6.54 Å². The van der Waals surface area contributed by atoms with Gasteiger partial charge in [0.1, 0.15) is 11.5 Å². The largest absolute Gasteiger partial charge is 0.495 e. The number of para-hydroxylation sites is 2. The van der Waals surface area contributed by atoms with Crippen LogP contribution in [0.15, 0.2) is 78.0 Å². The van der Waals surface area contributed by atoms with E-state index in [4.69, 9.17) is 9.47 Å². The van der Waals surface area contributed by atoms with E-state index >= 15 is 0 Å². The third-order valence-electron chi connectivity index (χ3n) is 4.37. The molecule has 0 unspecified atom stereocenters. The average Bonchev–Trinajstić information content (AvgIpc) is 2.87. The Balaban J connectivity index is 1.41. The lowest BCUT2D eigenvalue weighted by molar-refractivity contribution is -0.139. The molecule has 0 bridgehead atoms.